The summed E-state index contributed by atoms with van der Waals surface area (Å²) in [7, 11) is -0.968. The Kier molecular flexibility index (Phi) is 17.2. The van der Waals surface area contributed by atoms with Crippen LogP contribution < -0.4 is 15.9 Å². The van der Waals surface area contributed by atoms with Crippen molar-refractivity contribution in [2.45, 2.75) is 65.6 Å². The van der Waals surface area contributed by atoms with Gasteiger partial charge in [-0.2, -0.15) is 26.3 Å². The topological polar surface area (TPSA) is 77.8 Å². The second-order valence-corrected chi connectivity index (χ2v) is 12.0. The van der Waals surface area contributed by atoms with E-state index in [1.54, 1.807) is 0 Å². The van der Waals surface area contributed by atoms with Crippen LogP contribution in [-0.4, -0.2) is 45.7 Å². The van der Waals surface area contributed by atoms with Crippen LogP contribution in [0.1, 0.15) is 37.0 Å². The van der Waals surface area contributed by atoms with Crippen molar-refractivity contribution < 1.29 is 66.9 Å². The molecule has 3 N–H and O–H groups in total. The van der Waals surface area contributed by atoms with Crippen LogP contribution in [-0.2, 0) is 25.2 Å². The van der Waals surface area contributed by atoms with Crippen molar-refractivity contribution in [3.63, 3.8) is 0 Å². The first-order valence-corrected chi connectivity index (χ1v) is 14.3. The maximum absolute atomic E-state index is 11.4. The second-order valence-electron chi connectivity index (χ2n) is 9.61. The van der Waals surface area contributed by atoms with Crippen LogP contribution in [0.3, 0.4) is 0 Å². The molecule has 12 heteroatoms. The van der Waals surface area contributed by atoms with Crippen molar-refractivity contribution in [3.8, 4) is 0 Å². The fraction of sp³-hybridized carbons (Fsp3) is 0.323. The molecule has 0 aliphatic heterocycles. The minimum absolute atomic E-state index is 0. The first-order valence-electron chi connectivity index (χ1n) is 12.8. The largest absolute Gasteiger partial charge is 0.512 e. The van der Waals surface area contributed by atoms with E-state index in [1.165, 1.54) is 39.5 Å². The second kappa shape index (κ2) is 18.3. The summed E-state index contributed by atoms with van der Waals surface area (Å²) in [6.07, 6.45) is -13.6. The van der Waals surface area contributed by atoms with Crippen molar-refractivity contribution in [3.05, 3.63) is 101 Å². The van der Waals surface area contributed by atoms with Gasteiger partial charge >= 0.3 is 12.4 Å². The van der Waals surface area contributed by atoms with E-state index in [1.807, 2.05) is 0 Å². The van der Waals surface area contributed by atoms with Crippen molar-refractivity contribution in [2.24, 2.45) is 0 Å². The number of rotatable bonds is 6. The van der Waals surface area contributed by atoms with Crippen molar-refractivity contribution >= 4 is 29.6 Å². The molecule has 0 saturated heterocycles. The SMILES string of the molecule is CC(O)=CC(=O)C(F)(F)F.CC(O)CC(O)C(F)(F)F.Cc1ccccc1[PH+](c1ccccc1C)c1ccccc1C.[Pd]. The molecular formula is C31H36F6O4PPd+. The molecule has 0 aromatic heterocycles. The Bertz CT molecular complexity index is 1210. The predicted molar refractivity (Wildman–Crippen MR) is 157 cm³/mol. The zero-order chi connectivity index (χ0) is 32.3. The van der Waals surface area contributed by atoms with Crippen molar-refractivity contribution in [1.29, 1.82) is 0 Å². The van der Waals surface area contributed by atoms with Crippen molar-refractivity contribution in [2.75, 3.05) is 0 Å². The summed E-state index contributed by atoms with van der Waals surface area (Å²) in [4.78, 5) is 9.91. The van der Waals surface area contributed by atoms with Gasteiger partial charge in [-0.05, 0) is 69.5 Å². The summed E-state index contributed by atoms with van der Waals surface area (Å²) in [5.41, 5.74) is 4.17. The molecule has 2 atom stereocenters. The molecule has 0 radical (unpaired) electrons. The van der Waals surface area contributed by atoms with Gasteiger partial charge < -0.3 is 15.3 Å². The van der Waals surface area contributed by atoms with E-state index in [0.29, 0.717) is 0 Å². The van der Waals surface area contributed by atoms with Crippen LogP contribution in [0.4, 0.5) is 26.3 Å². The molecular weight excluding hydrogens is 688 g/mol. The molecule has 0 fully saturated rings. The number of allylic oxidation sites excluding steroid dienone is 2. The number of alkyl halides is 6. The van der Waals surface area contributed by atoms with Gasteiger partial charge in [0, 0.05) is 32.9 Å². The molecule has 0 spiro atoms. The summed E-state index contributed by atoms with van der Waals surface area (Å²) < 4.78 is 68.3. The monoisotopic (exact) mass is 723 g/mol. The number of ketones is 1. The number of aliphatic hydroxyl groups excluding tert-OH is 3. The molecule has 3 aromatic rings. The third-order valence-electron chi connectivity index (χ3n) is 5.80. The number of aliphatic hydroxyl groups is 3. The van der Waals surface area contributed by atoms with Crippen LogP contribution >= 0.6 is 7.92 Å². The number of benzene rings is 3. The normalized spacial score (nSPS) is 13.0. The zero-order valence-corrected chi connectivity index (χ0v) is 26.8. The fourth-order valence-corrected chi connectivity index (χ4v) is 6.82. The van der Waals surface area contributed by atoms with Gasteiger partial charge in [0.15, 0.2) is 6.10 Å². The number of aryl methyl sites for hydroxylation is 3. The zero-order valence-electron chi connectivity index (χ0n) is 24.2. The minimum atomic E-state index is -4.88. The molecule has 0 heterocycles. The maximum Gasteiger partial charge on any atom is 0.454 e. The molecule has 0 aliphatic carbocycles. The van der Waals surface area contributed by atoms with Gasteiger partial charge in [-0.15, -0.1) is 0 Å². The summed E-state index contributed by atoms with van der Waals surface area (Å²) in [6, 6.07) is 26.5. The van der Waals surface area contributed by atoms with E-state index < -0.39 is 50.4 Å². The average molecular weight is 724 g/mol. The van der Waals surface area contributed by atoms with E-state index >= 15 is 0 Å². The van der Waals surface area contributed by atoms with Gasteiger partial charge in [0.05, 0.1) is 19.8 Å². The Labute approximate surface area is 262 Å². The van der Waals surface area contributed by atoms with E-state index in [0.717, 1.165) is 6.92 Å². The molecule has 3 aromatic carbocycles. The smallest absolute Gasteiger partial charge is 0.454 e. The third kappa shape index (κ3) is 14.2. The number of carbonyl (C=O) groups is 1. The molecule has 2 unspecified atom stereocenters. The maximum atomic E-state index is 11.4. The van der Waals surface area contributed by atoms with Crippen LogP contribution in [0.15, 0.2) is 84.6 Å². The Morgan fingerprint density at radius 3 is 1.28 bits per heavy atom. The van der Waals surface area contributed by atoms with Gasteiger partial charge in [0.1, 0.15) is 15.9 Å². The van der Waals surface area contributed by atoms with E-state index in [9.17, 15) is 31.1 Å². The van der Waals surface area contributed by atoms with Gasteiger partial charge in [-0.1, -0.05) is 54.6 Å². The van der Waals surface area contributed by atoms with Gasteiger partial charge in [0.25, 0.3) is 5.78 Å². The van der Waals surface area contributed by atoms with Crippen LogP contribution in [0.2, 0.25) is 0 Å². The minimum Gasteiger partial charge on any atom is -0.512 e. The Morgan fingerprint density at radius 2 is 1.09 bits per heavy atom. The Morgan fingerprint density at radius 1 is 0.767 bits per heavy atom. The average Bonchev–Trinajstić information content (AvgIpc) is 2.86. The first-order chi connectivity index (χ1) is 19.4. The first kappa shape index (κ1) is 40.5. The third-order valence-corrected chi connectivity index (χ3v) is 9.10. The number of halogens is 6. The molecule has 3 rings (SSSR count). The molecule has 0 saturated carbocycles. The molecule has 0 bridgehead atoms. The fourth-order valence-electron chi connectivity index (χ4n) is 3.72. The predicted octanol–water partition coefficient (Wildman–Crippen LogP) is 6.36. The molecule has 4 nitrogen and oxygen atoms in total. The number of carbonyl (C=O) groups excluding carboxylic acids is 1. The van der Waals surface area contributed by atoms with E-state index in [-0.39, 0.29) is 26.5 Å². The van der Waals surface area contributed by atoms with Crippen LogP contribution in [0, 0.1) is 20.8 Å². The van der Waals surface area contributed by atoms with Gasteiger partial charge in [-0.25, -0.2) is 0 Å². The van der Waals surface area contributed by atoms with Crippen molar-refractivity contribution in [1.82, 2.24) is 0 Å². The molecule has 43 heavy (non-hydrogen) atoms. The van der Waals surface area contributed by atoms with E-state index in [2.05, 4.69) is 93.6 Å². The van der Waals surface area contributed by atoms with Crippen LogP contribution in [0.25, 0.3) is 0 Å². The summed E-state index contributed by atoms with van der Waals surface area (Å²) in [5.74, 6) is -2.70. The number of hydrogen-bond acceptors (Lipinski definition) is 4. The molecule has 0 amide bonds. The van der Waals surface area contributed by atoms with Gasteiger partial charge in [-0.3, -0.25) is 4.79 Å². The summed E-state index contributed by atoms with van der Waals surface area (Å²) in [5, 5.41) is 29.4. The summed E-state index contributed by atoms with van der Waals surface area (Å²) >= 11 is 0. The van der Waals surface area contributed by atoms with E-state index in [4.69, 9.17) is 15.3 Å². The Hall–Kier alpha value is -2.54. The Balaban J connectivity index is 0.000000709. The standard InChI is InChI=1S/C21H21P.C5H9F3O2.C5H5F3O2.Pd/c1-16-10-4-7-13-19(16)22(20-14-8-5-11-17(20)2)21-15-9-6-12-18(21)3;2*1-3(9)2-4(10)5(6,7)8;/h4-15H,1-3H3;3-4,9-10H,2H2,1H3;2,9H,1H3;/p+1. The van der Waals surface area contributed by atoms with Gasteiger partial charge in [0.2, 0.25) is 0 Å². The number of hydrogen-bond donors (Lipinski definition) is 3. The quantitative estimate of drug-likeness (QED) is 0.0911. The molecule has 0 aliphatic rings. The summed E-state index contributed by atoms with van der Waals surface area (Å²) in [6.45, 7) is 8.88. The molecule has 240 valence electrons. The van der Waals surface area contributed by atoms with Crippen LogP contribution in [0.5, 0.6) is 0 Å².